The summed E-state index contributed by atoms with van der Waals surface area (Å²) in [5.41, 5.74) is 2.99. The second-order valence-electron chi connectivity index (χ2n) is 7.04. The Morgan fingerprint density at radius 1 is 1.13 bits per heavy atom. The summed E-state index contributed by atoms with van der Waals surface area (Å²) in [6, 6.07) is 14.0. The van der Waals surface area contributed by atoms with E-state index in [0.717, 1.165) is 22.2 Å². The maximum absolute atomic E-state index is 11.8. The Kier molecular flexibility index (Phi) is 4.95. The van der Waals surface area contributed by atoms with Gasteiger partial charge in [0.1, 0.15) is 0 Å². The first-order chi connectivity index (χ1) is 14.3. The van der Waals surface area contributed by atoms with Gasteiger partial charge in [-0.15, -0.1) is 0 Å². The number of nitrogens with zero attached hydrogens (tertiary/aromatic N) is 2. The van der Waals surface area contributed by atoms with Gasteiger partial charge in [0.15, 0.2) is 32.7 Å². The van der Waals surface area contributed by atoms with E-state index in [2.05, 4.69) is 5.10 Å². The van der Waals surface area contributed by atoms with Crippen molar-refractivity contribution in [3.8, 4) is 17.0 Å². The second kappa shape index (κ2) is 7.46. The number of benzene rings is 2. The molecule has 2 aromatic heterocycles. The molecule has 0 N–H and O–H groups in total. The summed E-state index contributed by atoms with van der Waals surface area (Å²) in [4.78, 5) is 12.1. The zero-order chi connectivity index (χ0) is 21.5. The van der Waals surface area contributed by atoms with Gasteiger partial charge < -0.3 is 9.15 Å². The summed E-state index contributed by atoms with van der Waals surface area (Å²) >= 11 is 0. The third-order valence-electron chi connectivity index (χ3n) is 4.83. The monoisotopic (exact) mass is 424 g/mol. The van der Waals surface area contributed by atoms with E-state index in [4.69, 9.17) is 9.15 Å². The fraction of sp³-hybridized carbons (Fsp3) is 0.182. The third kappa shape index (κ3) is 3.73. The maximum Gasteiger partial charge on any atom is 0.194 e. The van der Waals surface area contributed by atoms with E-state index in [-0.39, 0.29) is 16.4 Å². The van der Waals surface area contributed by atoms with Crippen molar-refractivity contribution in [1.29, 1.82) is 0 Å². The SMILES string of the molecule is COc1ccc(-c2ccn(Cc3ccc(S(C)(=O)=O)cc3)n2)c2cc(C(C)=O)oc12. The number of ketones is 1. The van der Waals surface area contributed by atoms with Gasteiger partial charge >= 0.3 is 0 Å². The molecule has 0 aliphatic carbocycles. The molecule has 0 saturated carbocycles. The molecule has 2 heterocycles. The van der Waals surface area contributed by atoms with Crippen LogP contribution in [0, 0.1) is 0 Å². The van der Waals surface area contributed by atoms with Crippen molar-refractivity contribution in [3.05, 3.63) is 66.1 Å². The van der Waals surface area contributed by atoms with Crippen LogP contribution in [0.4, 0.5) is 0 Å². The topological polar surface area (TPSA) is 91.4 Å². The van der Waals surface area contributed by atoms with E-state index in [1.807, 2.05) is 18.3 Å². The molecule has 0 unspecified atom stereocenters. The standard InChI is InChI=1S/C22H20N2O5S/c1-14(25)21-12-18-17(8-9-20(28-2)22(18)29-21)19-10-11-24(23-19)13-15-4-6-16(7-5-15)30(3,26)27/h4-12H,13H2,1-3H3. The smallest absolute Gasteiger partial charge is 0.194 e. The van der Waals surface area contributed by atoms with E-state index in [9.17, 15) is 13.2 Å². The molecule has 0 fully saturated rings. The number of fused-ring (bicyclic) bond motifs is 1. The molecule has 4 rings (SSSR count). The van der Waals surface area contributed by atoms with Crippen LogP contribution in [0.15, 0.2) is 64.0 Å². The molecule has 0 atom stereocenters. The second-order valence-corrected chi connectivity index (χ2v) is 9.06. The Morgan fingerprint density at radius 3 is 2.50 bits per heavy atom. The Hall–Kier alpha value is -3.39. The molecule has 4 aromatic rings. The number of carbonyl (C=O) groups is 1. The van der Waals surface area contributed by atoms with Gasteiger partial charge in [-0.3, -0.25) is 9.48 Å². The van der Waals surface area contributed by atoms with E-state index < -0.39 is 9.84 Å². The summed E-state index contributed by atoms with van der Waals surface area (Å²) in [5.74, 6) is 0.648. The summed E-state index contributed by atoms with van der Waals surface area (Å²) in [6.07, 6.45) is 3.03. The Balaban J connectivity index is 1.67. The first kappa shape index (κ1) is 19.9. The highest BCUT2D eigenvalue weighted by molar-refractivity contribution is 7.90. The molecule has 0 aliphatic heterocycles. The lowest BCUT2D eigenvalue weighted by atomic mass is 10.1. The molecule has 0 radical (unpaired) electrons. The number of furan rings is 1. The molecule has 0 bridgehead atoms. The van der Waals surface area contributed by atoms with Crippen LogP contribution in [0.1, 0.15) is 23.0 Å². The van der Waals surface area contributed by atoms with Crippen LogP contribution in [-0.2, 0) is 16.4 Å². The summed E-state index contributed by atoms with van der Waals surface area (Å²) in [6.45, 7) is 1.95. The number of aromatic nitrogens is 2. The molecule has 0 saturated heterocycles. The minimum Gasteiger partial charge on any atom is -0.493 e. The van der Waals surface area contributed by atoms with Gasteiger partial charge in [0, 0.05) is 30.3 Å². The predicted molar refractivity (Wildman–Crippen MR) is 113 cm³/mol. The first-order valence-electron chi connectivity index (χ1n) is 9.20. The van der Waals surface area contributed by atoms with Crippen LogP contribution in [0.25, 0.3) is 22.2 Å². The zero-order valence-corrected chi connectivity index (χ0v) is 17.6. The van der Waals surface area contributed by atoms with Gasteiger partial charge in [-0.1, -0.05) is 12.1 Å². The van der Waals surface area contributed by atoms with Gasteiger partial charge in [0.25, 0.3) is 0 Å². The lowest BCUT2D eigenvalue weighted by Crippen LogP contribution is -2.02. The first-order valence-corrected chi connectivity index (χ1v) is 11.1. The Morgan fingerprint density at radius 2 is 1.87 bits per heavy atom. The average molecular weight is 424 g/mol. The molecule has 2 aromatic carbocycles. The number of carbonyl (C=O) groups excluding carboxylic acids is 1. The minimum atomic E-state index is -3.22. The Labute approximate surface area is 173 Å². The van der Waals surface area contributed by atoms with Crippen molar-refractivity contribution < 1.29 is 22.4 Å². The van der Waals surface area contributed by atoms with Crippen LogP contribution in [0.5, 0.6) is 5.75 Å². The minimum absolute atomic E-state index is 0.165. The molecule has 0 amide bonds. The number of Topliss-reactive ketones (excluding diaryl/α,β-unsaturated/α-hetero) is 1. The molecular weight excluding hydrogens is 404 g/mol. The molecule has 7 nitrogen and oxygen atoms in total. The van der Waals surface area contributed by atoms with Gasteiger partial charge in [0.2, 0.25) is 0 Å². The van der Waals surface area contributed by atoms with Crippen LogP contribution < -0.4 is 4.74 Å². The van der Waals surface area contributed by atoms with Crippen molar-refractivity contribution in [1.82, 2.24) is 9.78 Å². The maximum atomic E-state index is 11.8. The number of sulfone groups is 1. The summed E-state index contributed by atoms with van der Waals surface area (Å²) in [5, 5.41) is 5.39. The van der Waals surface area contributed by atoms with Gasteiger partial charge in [-0.25, -0.2) is 8.42 Å². The summed E-state index contributed by atoms with van der Waals surface area (Å²) < 4.78 is 36.0. The van der Waals surface area contributed by atoms with Gasteiger partial charge in [0.05, 0.1) is 24.2 Å². The fourth-order valence-electron chi connectivity index (χ4n) is 3.28. The van der Waals surface area contributed by atoms with E-state index in [1.165, 1.54) is 13.2 Å². The lowest BCUT2D eigenvalue weighted by molar-refractivity contribution is 0.0989. The highest BCUT2D eigenvalue weighted by Crippen LogP contribution is 2.36. The van der Waals surface area contributed by atoms with Crippen molar-refractivity contribution >= 4 is 26.6 Å². The quantitative estimate of drug-likeness (QED) is 0.435. The largest absolute Gasteiger partial charge is 0.493 e. The normalized spacial score (nSPS) is 11.7. The van der Waals surface area contributed by atoms with Crippen LogP contribution in [0.2, 0.25) is 0 Å². The highest BCUT2D eigenvalue weighted by atomic mass is 32.2. The lowest BCUT2D eigenvalue weighted by Gasteiger charge is -2.05. The number of rotatable bonds is 6. The number of ether oxygens (including phenoxy) is 1. The van der Waals surface area contributed by atoms with Crippen LogP contribution in [-0.4, -0.2) is 37.3 Å². The zero-order valence-electron chi connectivity index (χ0n) is 16.7. The summed E-state index contributed by atoms with van der Waals surface area (Å²) in [7, 11) is -1.67. The van der Waals surface area contributed by atoms with Gasteiger partial charge in [-0.05, 0) is 42.0 Å². The number of methoxy groups -OCH3 is 1. The third-order valence-corrected chi connectivity index (χ3v) is 5.96. The van der Waals surface area contributed by atoms with Crippen LogP contribution in [0.3, 0.4) is 0 Å². The molecular formula is C22H20N2O5S. The van der Waals surface area contributed by atoms with E-state index >= 15 is 0 Å². The number of hydrogen-bond donors (Lipinski definition) is 0. The predicted octanol–water partition coefficient (Wildman–Crippen LogP) is 3.96. The van der Waals surface area contributed by atoms with E-state index in [1.54, 1.807) is 48.2 Å². The van der Waals surface area contributed by atoms with E-state index in [0.29, 0.717) is 17.9 Å². The molecule has 154 valence electrons. The number of hydrogen-bond acceptors (Lipinski definition) is 6. The molecule has 30 heavy (non-hydrogen) atoms. The van der Waals surface area contributed by atoms with Crippen molar-refractivity contribution in [3.63, 3.8) is 0 Å². The van der Waals surface area contributed by atoms with Gasteiger partial charge in [-0.2, -0.15) is 5.10 Å². The van der Waals surface area contributed by atoms with Crippen LogP contribution >= 0.6 is 0 Å². The highest BCUT2D eigenvalue weighted by Gasteiger charge is 2.17. The fourth-order valence-corrected chi connectivity index (χ4v) is 3.91. The van der Waals surface area contributed by atoms with Crippen molar-refractivity contribution in [2.24, 2.45) is 0 Å². The molecule has 0 aliphatic rings. The molecule has 0 spiro atoms. The Bertz CT molecular complexity index is 1350. The van der Waals surface area contributed by atoms with Crippen molar-refractivity contribution in [2.45, 2.75) is 18.4 Å². The van der Waals surface area contributed by atoms with Crippen molar-refractivity contribution in [2.75, 3.05) is 13.4 Å². The average Bonchev–Trinajstić information content (AvgIpc) is 3.34. The molecule has 8 heteroatoms.